The van der Waals surface area contributed by atoms with Gasteiger partial charge in [-0.3, -0.25) is 48.4 Å². The van der Waals surface area contributed by atoms with Gasteiger partial charge in [-0.2, -0.15) is 13.2 Å². The second-order valence-corrected chi connectivity index (χ2v) is 20.7. The van der Waals surface area contributed by atoms with Gasteiger partial charge in [0.15, 0.2) is 5.69 Å². The van der Waals surface area contributed by atoms with Crippen molar-refractivity contribution < 1.29 is 90.8 Å². The number of rotatable bonds is 37. The second-order valence-electron chi connectivity index (χ2n) is 20.7. The lowest BCUT2D eigenvalue weighted by Crippen LogP contribution is -2.55. The van der Waals surface area contributed by atoms with E-state index in [1.807, 2.05) is 32.0 Å². The van der Waals surface area contributed by atoms with Gasteiger partial charge in [-0.05, 0) is 70.0 Å². The first-order valence-electron chi connectivity index (χ1n) is 29.7. The van der Waals surface area contributed by atoms with Gasteiger partial charge in [0.2, 0.25) is 17.7 Å². The Labute approximate surface area is 510 Å². The Morgan fingerprint density at radius 1 is 0.670 bits per heavy atom. The molecule has 0 bridgehead atoms. The van der Waals surface area contributed by atoms with Crippen LogP contribution in [0.25, 0.3) is 11.3 Å². The van der Waals surface area contributed by atoms with E-state index in [9.17, 15) is 62.4 Å². The van der Waals surface area contributed by atoms with E-state index in [4.69, 9.17) is 33.4 Å². The summed E-state index contributed by atoms with van der Waals surface area (Å²) < 4.78 is 76.1. The van der Waals surface area contributed by atoms with E-state index < -0.39 is 59.2 Å². The van der Waals surface area contributed by atoms with Crippen molar-refractivity contribution in [2.45, 2.75) is 71.3 Å². The van der Waals surface area contributed by atoms with Crippen LogP contribution < -0.4 is 25.0 Å². The van der Waals surface area contributed by atoms with Gasteiger partial charge in [-0.25, -0.2) is 15.0 Å². The van der Waals surface area contributed by atoms with Crippen molar-refractivity contribution in [3.05, 3.63) is 59.5 Å². The Balaban J connectivity index is 0.979. The fourth-order valence-electron chi connectivity index (χ4n) is 10.1. The molecule has 3 aromatic heterocycles. The van der Waals surface area contributed by atoms with E-state index in [0.717, 1.165) is 17.4 Å². The first kappa shape index (κ1) is 71.8. The maximum Gasteiger partial charge on any atom is 0.434 e. The number of nitrogens with zero attached hydrogens (tertiary/aromatic N) is 9. The minimum absolute atomic E-state index is 0.0684. The van der Waals surface area contributed by atoms with E-state index >= 15 is 0 Å². The van der Waals surface area contributed by atoms with Gasteiger partial charge in [-0.15, -0.1) is 0 Å². The quantitative estimate of drug-likeness (QED) is 0.0452. The Morgan fingerprint density at radius 2 is 1.25 bits per heavy atom. The smallest absolute Gasteiger partial charge is 0.434 e. The van der Waals surface area contributed by atoms with Crippen molar-refractivity contribution >= 4 is 41.4 Å². The van der Waals surface area contributed by atoms with Crippen molar-refractivity contribution in [2.75, 3.05) is 176 Å². The third-order valence-corrected chi connectivity index (χ3v) is 14.4. The molecule has 2 fully saturated rings. The predicted molar refractivity (Wildman–Crippen MR) is 313 cm³/mol. The molecule has 5 heterocycles. The highest BCUT2D eigenvalue weighted by molar-refractivity contribution is 5.96. The van der Waals surface area contributed by atoms with Crippen molar-refractivity contribution in [1.29, 1.82) is 0 Å². The van der Waals surface area contributed by atoms with Crippen LogP contribution >= 0.6 is 0 Å². The molecular formula is C58H86F3N11O16. The summed E-state index contributed by atoms with van der Waals surface area (Å²) in [5.74, 6) is -5.40. The monoisotopic (exact) mass is 1250 g/mol. The third-order valence-electron chi connectivity index (χ3n) is 14.4. The zero-order valence-electron chi connectivity index (χ0n) is 50.5. The summed E-state index contributed by atoms with van der Waals surface area (Å²) in [4.78, 5) is 97.0. The van der Waals surface area contributed by atoms with Crippen LogP contribution in [0.1, 0.15) is 68.2 Å². The highest BCUT2D eigenvalue weighted by Gasteiger charge is 2.40. The molecule has 0 spiro atoms. The number of aromatic nitrogens is 3. The highest BCUT2D eigenvalue weighted by atomic mass is 19.4. The van der Waals surface area contributed by atoms with Gasteiger partial charge in [0.05, 0.1) is 107 Å². The lowest BCUT2D eigenvalue weighted by molar-refractivity contribution is -0.145. The van der Waals surface area contributed by atoms with Crippen LogP contribution in [-0.2, 0) is 55.6 Å². The summed E-state index contributed by atoms with van der Waals surface area (Å²) in [6.45, 7) is 10.5. The number of hydrogen-bond acceptors (Lipinski definition) is 21. The molecule has 0 aliphatic carbocycles. The lowest BCUT2D eigenvalue weighted by atomic mass is 10.0. The molecule has 2 amide bonds. The van der Waals surface area contributed by atoms with Crippen LogP contribution in [0.5, 0.6) is 11.8 Å². The van der Waals surface area contributed by atoms with Gasteiger partial charge < -0.3 is 69.3 Å². The Bertz CT molecular complexity index is 2630. The summed E-state index contributed by atoms with van der Waals surface area (Å²) >= 11 is 0. The second kappa shape index (κ2) is 38.5. The predicted octanol–water partition coefficient (Wildman–Crippen LogP) is 2.47. The molecule has 0 radical (unpaired) electrons. The largest absolute Gasteiger partial charge is 0.480 e. The molecule has 2 aliphatic heterocycles. The molecule has 88 heavy (non-hydrogen) atoms. The van der Waals surface area contributed by atoms with Crippen LogP contribution in [0.15, 0.2) is 42.6 Å². The minimum atomic E-state index is -4.87. The van der Waals surface area contributed by atoms with E-state index in [0.29, 0.717) is 89.3 Å². The molecule has 30 heteroatoms. The maximum absolute atomic E-state index is 14.2. The van der Waals surface area contributed by atoms with E-state index in [1.165, 1.54) is 11.0 Å². The Morgan fingerprint density at radius 3 is 1.81 bits per heavy atom. The van der Waals surface area contributed by atoms with Crippen molar-refractivity contribution in [3.8, 4) is 23.0 Å². The Kier molecular flexibility index (Phi) is 31.4. The van der Waals surface area contributed by atoms with Crippen LogP contribution in [0.3, 0.4) is 0 Å². The molecule has 3 aromatic rings. The summed E-state index contributed by atoms with van der Waals surface area (Å²) in [6.07, 6.45) is -2.15. The van der Waals surface area contributed by atoms with Gasteiger partial charge in [-0.1, -0.05) is 6.92 Å². The molecule has 2 saturated heterocycles. The molecule has 27 nitrogen and oxygen atoms in total. The number of halogens is 3. The zero-order valence-corrected chi connectivity index (χ0v) is 50.5. The SMILES string of the molecule is CCOc1ccc(C(=O)N2CCN(c3ccc(-c4cccnc4OCC)nc3CNCCCOCCOCCOCCOCCNC(=O)CCC(C(=O)O)N3CCN(CC(=O)O)CCN(CC(=O)O)CCN(CC(=O)O)CC3)[C@H](CC)C2)c(C(F)(F)F)n1. The van der Waals surface area contributed by atoms with Gasteiger partial charge in [0, 0.05) is 116 Å². The van der Waals surface area contributed by atoms with Gasteiger partial charge >= 0.3 is 30.1 Å². The number of nitrogens with one attached hydrogen (secondary N) is 2. The van der Waals surface area contributed by atoms with Crippen LogP contribution in [0.2, 0.25) is 0 Å². The van der Waals surface area contributed by atoms with Gasteiger partial charge in [0.25, 0.3) is 5.91 Å². The minimum Gasteiger partial charge on any atom is -0.480 e. The number of amides is 2. The maximum atomic E-state index is 14.2. The molecule has 5 rings (SSSR count). The van der Waals surface area contributed by atoms with E-state index in [-0.39, 0.29) is 143 Å². The van der Waals surface area contributed by atoms with Crippen LogP contribution in [0.4, 0.5) is 18.9 Å². The summed E-state index contributed by atoms with van der Waals surface area (Å²) in [5, 5.41) is 44.9. The standard InChI is InChI=1S/C58H86F3N11O16/c1-4-42-38-71(56(80)44-10-15-50(87-5-2)66-54(44)58(59,60)61)27-28-72(42)47-12-11-45(43-9-7-17-64-55(43)88-6-3)65-46(47)37-62-16-8-29-83-31-33-85-35-36-86-34-32-84-30-18-63-49(73)14-13-48(57(81)82)70-25-23-68(40-52(76)77)21-19-67(39-51(74)75)20-22-69(24-26-70)41-53(78)79/h7,9-12,15,17,42,48,62H,4-6,8,13-14,16,18-41H2,1-3H3,(H,63,73)(H,74,75)(H,76,77)(H,78,79)(H,81,82)/t42-,48?/m1/s1. The molecule has 6 N–H and O–H groups in total. The number of hydrogen-bond donors (Lipinski definition) is 6. The molecule has 1 unspecified atom stereocenters. The number of pyridine rings is 3. The lowest BCUT2D eigenvalue weighted by Gasteiger charge is -2.43. The number of piperazine rings is 1. The number of ether oxygens (including phenoxy) is 6. The van der Waals surface area contributed by atoms with Crippen LogP contribution in [0, 0.1) is 0 Å². The normalized spacial score (nSPS) is 16.5. The topological polar surface area (TPSA) is 321 Å². The van der Waals surface area contributed by atoms with E-state index in [1.54, 1.807) is 38.8 Å². The zero-order chi connectivity index (χ0) is 63.8. The fourth-order valence-corrected chi connectivity index (χ4v) is 10.1. The molecule has 0 saturated carbocycles. The summed E-state index contributed by atoms with van der Waals surface area (Å²) in [6, 6.07) is 8.59. The highest BCUT2D eigenvalue weighted by Crippen LogP contribution is 2.35. The molecule has 490 valence electrons. The number of alkyl halides is 3. The number of carbonyl (C=O) groups excluding carboxylic acids is 2. The molecule has 0 aromatic carbocycles. The molecule has 2 atom stereocenters. The van der Waals surface area contributed by atoms with Gasteiger partial charge in [0.1, 0.15) is 6.04 Å². The molecule has 2 aliphatic rings. The summed E-state index contributed by atoms with van der Waals surface area (Å²) in [7, 11) is 0. The van der Waals surface area contributed by atoms with E-state index in [2.05, 4.69) is 25.5 Å². The first-order chi connectivity index (χ1) is 42.3. The third kappa shape index (κ3) is 24.9. The average molecular weight is 1250 g/mol. The van der Waals surface area contributed by atoms with Crippen molar-refractivity contribution in [2.24, 2.45) is 0 Å². The number of carboxylic acids is 4. The first-order valence-corrected chi connectivity index (χ1v) is 29.7. The number of carbonyl (C=O) groups is 6. The number of aliphatic carboxylic acids is 4. The molecular weight excluding hydrogens is 1160 g/mol. The van der Waals surface area contributed by atoms with Crippen molar-refractivity contribution in [3.63, 3.8) is 0 Å². The Hall–Kier alpha value is -6.90. The van der Waals surface area contributed by atoms with Crippen LogP contribution in [-0.4, -0.2) is 278 Å². The average Bonchev–Trinajstić information content (AvgIpc) is 1.90. The fraction of sp³-hybridized carbons (Fsp3) is 0.638. The summed E-state index contributed by atoms with van der Waals surface area (Å²) in [5.41, 5.74) is 1.11. The number of anilines is 1. The number of carboxylic acid groups (broad SMARTS) is 4. The van der Waals surface area contributed by atoms with Crippen molar-refractivity contribution in [1.82, 2.24) is 50.1 Å².